The standard InChI is InChI=1S/C14H11F3N2O/c15-9-1-4-11(5-2-9)18-8-14(20)19-13-7-10(16)3-6-12(13)17/h1-7,18H,8H2,(H,19,20). The molecule has 2 aromatic carbocycles. The molecule has 0 aliphatic heterocycles. The molecule has 0 saturated carbocycles. The van der Waals surface area contributed by atoms with Crippen LogP contribution in [0.4, 0.5) is 24.5 Å². The third kappa shape index (κ3) is 3.74. The summed E-state index contributed by atoms with van der Waals surface area (Å²) in [5, 5.41) is 4.97. The summed E-state index contributed by atoms with van der Waals surface area (Å²) in [5.74, 6) is -2.30. The van der Waals surface area contributed by atoms with Crippen molar-refractivity contribution in [2.75, 3.05) is 17.2 Å². The maximum atomic E-state index is 13.3. The van der Waals surface area contributed by atoms with Crippen LogP contribution >= 0.6 is 0 Å². The van der Waals surface area contributed by atoms with Crippen LogP contribution in [-0.2, 0) is 4.79 Å². The monoisotopic (exact) mass is 280 g/mol. The number of rotatable bonds is 4. The summed E-state index contributed by atoms with van der Waals surface area (Å²) in [6.45, 7) is -0.151. The molecule has 3 nitrogen and oxygen atoms in total. The fraction of sp³-hybridized carbons (Fsp3) is 0.0714. The van der Waals surface area contributed by atoms with Crippen molar-refractivity contribution >= 4 is 17.3 Å². The van der Waals surface area contributed by atoms with Crippen molar-refractivity contribution < 1.29 is 18.0 Å². The number of halogens is 3. The van der Waals surface area contributed by atoms with Crippen molar-refractivity contribution in [1.82, 2.24) is 0 Å². The average Bonchev–Trinajstić information content (AvgIpc) is 2.42. The summed E-state index contributed by atoms with van der Waals surface area (Å²) in [6.07, 6.45) is 0. The van der Waals surface area contributed by atoms with Gasteiger partial charge in [-0.2, -0.15) is 0 Å². The highest BCUT2D eigenvalue weighted by Crippen LogP contribution is 2.15. The second-order valence-electron chi connectivity index (χ2n) is 4.03. The van der Waals surface area contributed by atoms with E-state index in [1.54, 1.807) is 0 Å². The van der Waals surface area contributed by atoms with E-state index in [-0.39, 0.29) is 18.0 Å². The van der Waals surface area contributed by atoms with Crippen LogP contribution < -0.4 is 10.6 Å². The third-order valence-corrected chi connectivity index (χ3v) is 2.50. The topological polar surface area (TPSA) is 41.1 Å². The Morgan fingerprint density at radius 3 is 2.30 bits per heavy atom. The van der Waals surface area contributed by atoms with Crippen molar-refractivity contribution in [2.24, 2.45) is 0 Å². The van der Waals surface area contributed by atoms with Crippen molar-refractivity contribution in [2.45, 2.75) is 0 Å². The number of amides is 1. The average molecular weight is 280 g/mol. The molecule has 0 radical (unpaired) electrons. The van der Waals surface area contributed by atoms with Gasteiger partial charge in [-0.1, -0.05) is 0 Å². The maximum absolute atomic E-state index is 13.3. The minimum atomic E-state index is -0.721. The minimum absolute atomic E-state index is 0.151. The van der Waals surface area contributed by atoms with E-state index in [9.17, 15) is 18.0 Å². The summed E-state index contributed by atoms with van der Waals surface area (Å²) in [7, 11) is 0. The zero-order valence-corrected chi connectivity index (χ0v) is 10.3. The Morgan fingerprint density at radius 2 is 1.60 bits per heavy atom. The molecule has 20 heavy (non-hydrogen) atoms. The first kappa shape index (κ1) is 13.9. The molecule has 0 spiro atoms. The van der Waals surface area contributed by atoms with E-state index in [4.69, 9.17) is 0 Å². The van der Waals surface area contributed by atoms with Crippen LogP contribution in [0.15, 0.2) is 42.5 Å². The van der Waals surface area contributed by atoms with E-state index in [1.807, 2.05) is 0 Å². The van der Waals surface area contributed by atoms with E-state index >= 15 is 0 Å². The molecule has 0 unspecified atom stereocenters. The van der Waals surface area contributed by atoms with Gasteiger partial charge in [0.1, 0.15) is 17.5 Å². The number of benzene rings is 2. The van der Waals surface area contributed by atoms with Crippen molar-refractivity contribution in [3.05, 3.63) is 59.9 Å². The first-order valence-corrected chi connectivity index (χ1v) is 5.79. The van der Waals surface area contributed by atoms with Gasteiger partial charge in [0.25, 0.3) is 0 Å². The summed E-state index contributed by atoms with van der Waals surface area (Å²) in [5.41, 5.74) is 0.317. The van der Waals surface area contributed by atoms with Crippen LogP contribution in [0.2, 0.25) is 0 Å². The summed E-state index contributed by atoms with van der Waals surface area (Å²) in [6, 6.07) is 8.20. The molecule has 104 valence electrons. The lowest BCUT2D eigenvalue weighted by Gasteiger charge is -2.08. The Morgan fingerprint density at radius 1 is 0.950 bits per heavy atom. The Balaban J connectivity index is 1.92. The number of hydrogen-bond acceptors (Lipinski definition) is 2. The molecule has 0 atom stereocenters. The number of anilines is 2. The lowest BCUT2D eigenvalue weighted by Crippen LogP contribution is -2.22. The number of nitrogens with one attached hydrogen (secondary N) is 2. The van der Waals surface area contributed by atoms with Gasteiger partial charge in [-0.25, -0.2) is 13.2 Å². The molecular formula is C14H11F3N2O. The second kappa shape index (κ2) is 6.10. The summed E-state index contributed by atoms with van der Waals surface area (Å²) < 4.78 is 38.9. The van der Waals surface area contributed by atoms with Gasteiger partial charge in [0, 0.05) is 11.8 Å². The molecule has 1 amide bonds. The molecule has 2 aromatic rings. The molecule has 0 bridgehead atoms. The molecular weight excluding hydrogens is 269 g/mol. The fourth-order valence-corrected chi connectivity index (χ4v) is 1.54. The maximum Gasteiger partial charge on any atom is 0.243 e. The lowest BCUT2D eigenvalue weighted by molar-refractivity contribution is -0.114. The van der Waals surface area contributed by atoms with Crippen molar-refractivity contribution in [3.63, 3.8) is 0 Å². The number of hydrogen-bond donors (Lipinski definition) is 2. The zero-order valence-electron chi connectivity index (χ0n) is 10.3. The molecule has 2 N–H and O–H groups in total. The Hall–Kier alpha value is -2.50. The van der Waals surface area contributed by atoms with Gasteiger partial charge in [-0.3, -0.25) is 4.79 Å². The van der Waals surface area contributed by atoms with Gasteiger partial charge >= 0.3 is 0 Å². The van der Waals surface area contributed by atoms with Gasteiger partial charge in [-0.15, -0.1) is 0 Å². The highest BCUT2D eigenvalue weighted by molar-refractivity contribution is 5.93. The van der Waals surface area contributed by atoms with E-state index in [0.717, 1.165) is 18.2 Å². The minimum Gasteiger partial charge on any atom is -0.376 e. The molecule has 2 rings (SSSR count). The van der Waals surface area contributed by atoms with Crippen LogP contribution in [0.25, 0.3) is 0 Å². The Bertz CT molecular complexity index is 614. The van der Waals surface area contributed by atoms with Gasteiger partial charge < -0.3 is 10.6 Å². The van der Waals surface area contributed by atoms with E-state index in [2.05, 4.69) is 10.6 Å². The Labute approximate surface area is 113 Å². The normalized spacial score (nSPS) is 10.2. The van der Waals surface area contributed by atoms with Gasteiger partial charge in [0.05, 0.1) is 12.2 Å². The number of carbonyl (C=O) groups excluding carboxylic acids is 1. The number of carbonyl (C=O) groups is 1. The van der Waals surface area contributed by atoms with Gasteiger partial charge in [0.15, 0.2) is 0 Å². The van der Waals surface area contributed by atoms with Crippen molar-refractivity contribution in [3.8, 4) is 0 Å². The zero-order chi connectivity index (χ0) is 14.5. The van der Waals surface area contributed by atoms with Gasteiger partial charge in [0.2, 0.25) is 5.91 Å². The predicted molar refractivity (Wildman–Crippen MR) is 69.9 cm³/mol. The first-order chi connectivity index (χ1) is 9.54. The van der Waals surface area contributed by atoms with Crippen LogP contribution in [0, 0.1) is 17.5 Å². The second-order valence-corrected chi connectivity index (χ2v) is 4.03. The highest BCUT2D eigenvalue weighted by atomic mass is 19.1. The highest BCUT2D eigenvalue weighted by Gasteiger charge is 2.08. The predicted octanol–water partition coefficient (Wildman–Crippen LogP) is 3.15. The van der Waals surface area contributed by atoms with Crippen molar-refractivity contribution in [1.29, 1.82) is 0 Å². The van der Waals surface area contributed by atoms with Crippen LogP contribution in [0.1, 0.15) is 0 Å². The third-order valence-electron chi connectivity index (χ3n) is 2.50. The molecule has 0 aliphatic rings. The molecule has 0 heterocycles. The van der Waals surface area contributed by atoms with E-state index < -0.39 is 17.5 Å². The fourth-order valence-electron chi connectivity index (χ4n) is 1.54. The quantitative estimate of drug-likeness (QED) is 0.903. The molecule has 0 aliphatic carbocycles. The van der Waals surface area contributed by atoms with E-state index in [1.165, 1.54) is 24.3 Å². The largest absolute Gasteiger partial charge is 0.376 e. The van der Waals surface area contributed by atoms with Crippen LogP contribution in [0.3, 0.4) is 0 Å². The SMILES string of the molecule is O=C(CNc1ccc(F)cc1)Nc1cc(F)ccc1F. The first-order valence-electron chi connectivity index (χ1n) is 5.79. The summed E-state index contributed by atoms with van der Waals surface area (Å²) >= 11 is 0. The summed E-state index contributed by atoms with van der Waals surface area (Å²) in [4.78, 5) is 11.6. The van der Waals surface area contributed by atoms with Gasteiger partial charge in [-0.05, 0) is 36.4 Å². The van der Waals surface area contributed by atoms with E-state index in [0.29, 0.717) is 5.69 Å². The lowest BCUT2D eigenvalue weighted by atomic mass is 10.3. The van der Waals surface area contributed by atoms with Crippen LogP contribution in [0.5, 0.6) is 0 Å². The molecule has 0 fully saturated rings. The smallest absolute Gasteiger partial charge is 0.243 e. The Kier molecular flexibility index (Phi) is 4.24. The molecule has 6 heteroatoms. The van der Waals surface area contributed by atoms with Crippen LogP contribution in [-0.4, -0.2) is 12.5 Å². The molecule has 0 aromatic heterocycles. The molecule has 0 saturated heterocycles.